The van der Waals surface area contributed by atoms with Crippen LogP contribution in [0, 0.1) is 0 Å². The van der Waals surface area contributed by atoms with Gasteiger partial charge in [-0.15, -0.1) is 0 Å². The first-order valence-electron chi connectivity index (χ1n) is 4.57. The van der Waals surface area contributed by atoms with Crippen LogP contribution in [0.4, 0.5) is 0 Å². The third kappa shape index (κ3) is 7.49. The molecule has 0 bridgehead atoms. The highest BCUT2D eigenvalue weighted by Crippen LogP contribution is 1.90. The molecule has 0 aromatic heterocycles. The Kier molecular flexibility index (Phi) is 7.74. The lowest BCUT2D eigenvalue weighted by atomic mass is 10.3. The third-order valence-electron chi connectivity index (χ3n) is 1.36. The van der Waals surface area contributed by atoms with Crippen molar-refractivity contribution >= 4 is 11.8 Å². The van der Waals surface area contributed by atoms with Crippen molar-refractivity contribution < 1.29 is 19.1 Å². The first-order valence-corrected chi connectivity index (χ1v) is 4.57. The van der Waals surface area contributed by atoms with Gasteiger partial charge in [0.15, 0.2) is 5.78 Å². The van der Waals surface area contributed by atoms with Crippen molar-refractivity contribution in [2.24, 2.45) is 0 Å². The molecule has 80 valence electrons. The molecule has 0 spiro atoms. The van der Waals surface area contributed by atoms with E-state index in [0.29, 0.717) is 13.2 Å². The van der Waals surface area contributed by atoms with Gasteiger partial charge < -0.3 is 9.47 Å². The van der Waals surface area contributed by atoms with Crippen LogP contribution in [0.5, 0.6) is 0 Å². The molecular formula is C10H16O4. The number of carbonyl (C=O) groups excluding carboxylic acids is 2. The van der Waals surface area contributed by atoms with Gasteiger partial charge in [0.05, 0.1) is 13.2 Å². The highest BCUT2D eigenvalue weighted by molar-refractivity contribution is 5.96. The molecule has 0 saturated heterocycles. The Morgan fingerprint density at radius 2 is 2.07 bits per heavy atom. The monoisotopic (exact) mass is 200 g/mol. The highest BCUT2D eigenvalue weighted by atomic mass is 16.5. The minimum absolute atomic E-state index is 0.0385. The molecule has 0 rings (SSSR count). The Morgan fingerprint density at radius 3 is 2.64 bits per heavy atom. The maximum Gasteiger partial charge on any atom is 0.313 e. The van der Waals surface area contributed by atoms with Crippen LogP contribution in [-0.4, -0.2) is 31.6 Å². The summed E-state index contributed by atoms with van der Waals surface area (Å²) in [5.74, 6) is -0.750. The van der Waals surface area contributed by atoms with Crippen LogP contribution in [-0.2, 0) is 19.1 Å². The second-order valence-electron chi connectivity index (χ2n) is 2.60. The van der Waals surface area contributed by atoms with Crippen LogP contribution in [0.1, 0.15) is 20.3 Å². The molecule has 0 unspecified atom stereocenters. The largest absolute Gasteiger partial charge is 0.466 e. The lowest BCUT2D eigenvalue weighted by Gasteiger charge is -2.01. The van der Waals surface area contributed by atoms with Crippen LogP contribution in [0.3, 0.4) is 0 Å². The van der Waals surface area contributed by atoms with Crippen LogP contribution in [0.15, 0.2) is 12.2 Å². The number of esters is 1. The normalized spacial score (nSPS) is 10.4. The first kappa shape index (κ1) is 12.8. The van der Waals surface area contributed by atoms with Crippen molar-refractivity contribution in [3.8, 4) is 0 Å². The average Bonchev–Trinajstić information content (AvgIpc) is 2.13. The average molecular weight is 200 g/mol. The van der Waals surface area contributed by atoms with E-state index in [4.69, 9.17) is 4.74 Å². The van der Waals surface area contributed by atoms with E-state index in [1.54, 1.807) is 13.0 Å². The van der Waals surface area contributed by atoms with E-state index in [0.717, 1.165) is 0 Å². The fourth-order valence-corrected chi connectivity index (χ4v) is 0.761. The predicted octanol–water partition coefficient (Wildman–Crippen LogP) is 1.10. The number of carbonyl (C=O) groups is 2. The summed E-state index contributed by atoms with van der Waals surface area (Å²) in [6, 6.07) is 0. The summed E-state index contributed by atoms with van der Waals surface area (Å²) < 4.78 is 9.58. The molecular weight excluding hydrogens is 184 g/mol. The van der Waals surface area contributed by atoms with E-state index in [2.05, 4.69) is 4.74 Å². The highest BCUT2D eigenvalue weighted by Gasteiger charge is 2.09. The minimum atomic E-state index is -0.493. The van der Waals surface area contributed by atoms with Crippen molar-refractivity contribution in [3.63, 3.8) is 0 Å². The van der Waals surface area contributed by atoms with E-state index in [1.807, 2.05) is 13.0 Å². The zero-order valence-corrected chi connectivity index (χ0v) is 8.62. The van der Waals surface area contributed by atoms with Crippen LogP contribution < -0.4 is 0 Å². The molecule has 0 aliphatic rings. The van der Waals surface area contributed by atoms with Gasteiger partial charge in [0.25, 0.3) is 0 Å². The van der Waals surface area contributed by atoms with Gasteiger partial charge in [-0.05, 0) is 13.8 Å². The molecule has 0 aromatic carbocycles. The maximum absolute atomic E-state index is 11.0. The number of Topliss-reactive ketones (excluding diaryl/α,β-unsaturated/α-hetero) is 1. The van der Waals surface area contributed by atoms with E-state index in [1.165, 1.54) is 0 Å². The summed E-state index contributed by atoms with van der Waals surface area (Å²) in [6.07, 6.45) is 3.41. The fourth-order valence-electron chi connectivity index (χ4n) is 0.761. The van der Waals surface area contributed by atoms with Gasteiger partial charge in [0, 0.05) is 0 Å². The van der Waals surface area contributed by atoms with Crippen molar-refractivity contribution in [3.05, 3.63) is 12.2 Å². The van der Waals surface area contributed by atoms with Gasteiger partial charge in [-0.1, -0.05) is 12.2 Å². The molecule has 0 aliphatic carbocycles. The SMILES string of the molecule is C/C=C\COCC(=O)CC(=O)OCC. The molecule has 4 nitrogen and oxygen atoms in total. The van der Waals surface area contributed by atoms with Gasteiger partial charge in [0.2, 0.25) is 0 Å². The van der Waals surface area contributed by atoms with Gasteiger partial charge in [-0.25, -0.2) is 0 Å². The Bertz CT molecular complexity index is 208. The smallest absolute Gasteiger partial charge is 0.313 e. The standard InChI is InChI=1S/C10H16O4/c1-3-5-6-13-8-9(11)7-10(12)14-4-2/h3,5H,4,6-8H2,1-2H3/b5-3-. The van der Waals surface area contributed by atoms with Crippen LogP contribution in [0.2, 0.25) is 0 Å². The Morgan fingerprint density at radius 1 is 1.36 bits per heavy atom. The Hall–Kier alpha value is -1.16. The Balaban J connectivity index is 3.50. The number of ketones is 1. The van der Waals surface area contributed by atoms with Gasteiger partial charge >= 0.3 is 5.97 Å². The van der Waals surface area contributed by atoms with Crippen molar-refractivity contribution in [1.82, 2.24) is 0 Å². The van der Waals surface area contributed by atoms with Crippen LogP contribution in [0.25, 0.3) is 0 Å². The van der Waals surface area contributed by atoms with Crippen molar-refractivity contribution in [2.45, 2.75) is 20.3 Å². The summed E-state index contributed by atoms with van der Waals surface area (Å²) in [7, 11) is 0. The van der Waals surface area contributed by atoms with Gasteiger partial charge in [-0.3, -0.25) is 9.59 Å². The summed E-state index contributed by atoms with van der Waals surface area (Å²) in [5.41, 5.74) is 0. The molecule has 14 heavy (non-hydrogen) atoms. The molecule has 0 N–H and O–H groups in total. The lowest BCUT2D eigenvalue weighted by Crippen LogP contribution is -2.15. The summed E-state index contributed by atoms with van der Waals surface area (Å²) >= 11 is 0. The molecule has 0 aliphatic heterocycles. The molecule has 4 heteroatoms. The van der Waals surface area contributed by atoms with E-state index < -0.39 is 5.97 Å². The summed E-state index contributed by atoms with van der Waals surface area (Å²) in [6.45, 7) is 4.22. The third-order valence-corrected chi connectivity index (χ3v) is 1.36. The number of rotatable bonds is 7. The number of ether oxygens (including phenoxy) is 2. The lowest BCUT2D eigenvalue weighted by molar-refractivity contribution is -0.146. The van der Waals surface area contributed by atoms with Crippen molar-refractivity contribution in [2.75, 3.05) is 19.8 Å². The first-order chi connectivity index (χ1) is 6.70. The van der Waals surface area contributed by atoms with E-state index >= 15 is 0 Å². The van der Waals surface area contributed by atoms with Gasteiger partial charge in [-0.2, -0.15) is 0 Å². The molecule has 0 aromatic rings. The second-order valence-corrected chi connectivity index (χ2v) is 2.60. The number of allylic oxidation sites excluding steroid dienone is 1. The van der Waals surface area contributed by atoms with E-state index in [-0.39, 0.29) is 18.8 Å². The second kappa shape index (κ2) is 8.44. The van der Waals surface area contributed by atoms with Crippen molar-refractivity contribution in [1.29, 1.82) is 0 Å². The van der Waals surface area contributed by atoms with E-state index in [9.17, 15) is 9.59 Å². The molecule has 0 radical (unpaired) electrons. The fraction of sp³-hybridized carbons (Fsp3) is 0.600. The Labute approximate surface area is 83.9 Å². The van der Waals surface area contributed by atoms with Crippen LogP contribution >= 0.6 is 0 Å². The maximum atomic E-state index is 11.0. The summed E-state index contributed by atoms with van der Waals surface area (Å²) in [5, 5.41) is 0. The molecule has 0 saturated carbocycles. The predicted molar refractivity (Wildman–Crippen MR) is 51.9 cm³/mol. The number of hydrogen-bond acceptors (Lipinski definition) is 4. The zero-order chi connectivity index (χ0) is 10.8. The molecule has 0 heterocycles. The zero-order valence-electron chi connectivity index (χ0n) is 8.62. The number of hydrogen-bond donors (Lipinski definition) is 0. The topological polar surface area (TPSA) is 52.6 Å². The molecule has 0 atom stereocenters. The minimum Gasteiger partial charge on any atom is -0.466 e. The molecule has 0 amide bonds. The summed E-state index contributed by atoms with van der Waals surface area (Å²) in [4.78, 5) is 21.9. The quantitative estimate of drug-likeness (QED) is 0.267. The molecule has 0 fully saturated rings. The van der Waals surface area contributed by atoms with Gasteiger partial charge in [0.1, 0.15) is 13.0 Å².